The summed E-state index contributed by atoms with van der Waals surface area (Å²) in [5.74, 6) is 8.24. The highest BCUT2D eigenvalue weighted by Crippen LogP contribution is 2.40. The molecule has 0 spiro atoms. The van der Waals surface area contributed by atoms with Crippen molar-refractivity contribution in [3.63, 3.8) is 0 Å². The molecule has 3 saturated heterocycles. The third-order valence-electron chi connectivity index (χ3n) is 8.90. The molecule has 2 bridgehead atoms. The maximum atomic E-state index is 10.3. The smallest absolute Gasteiger partial charge is 0.169 e. The molecule has 4 fully saturated rings. The number of fused-ring (bicyclic) bond motifs is 3. The highest BCUT2D eigenvalue weighted by Gasteiger charge is 2.42. The number of pyridine rings is 1. The van der Waals surface area contributed by atoms with Gasteiger partial charge in [-0.05, 0) is 67.9 Å². The van der Waals surface area contributed by atoms with Gasteiger partial charge >= 0.3 is 0 Å². The fourth-order valence-electron chi connectivity index (χ4n) is 7.06. The number of phenolic OH excluding ortho intramolecular Hbond substituents is 1. The number of piperazine rings is 1. The number of nitrogens with two attached hydrogens (primary N) is 1. The van der Waals surface area contributed by atoms with E-state index in [1.807, 2.05) is 24.4 Å². The molecule has 8 nitrogen and oxygen atoms in total. The Hall–Kier alpha value is -3.83. The molecule has 8 heteroatoms. The number of phenols is 1. The van der Waals surface area contributed by atoms with Gasteiger partial charge in [-0.25, -0.2) is 4.98 Å². The van der Waals surface area contributed by atoms with Crippen LogP contribution in [0.3, 0.4) is 0 Å². The summed E-state index contributed by atoms with van der Waals surface area (Å²) in [4.78, 5) is 12.0. The van der Waals surface area contributed by atoms with Crippen LogP contribution in [0.15, 0.2) is 48.7 Å². The van der Waals surface area contributed by atoms with E-state index in [1.54, 1.807) is 12.1 Å². The fraction of sp³-hybridized carbons (Fsp3) is 0.433. The average molecular weight is 508 g/mol. The monoisotopic (exact) mass is 507 g/mol. The predicted octanol–water partition coefficient (Wildman–Crippen LogP) is 3.52. The van der Waals surface area contributed by atoms with Gasteiger partial charge < -0.3 is 20.6 Å². The van der Waals surface area contributed by atoms with Crippen molar-refractivity contribution in [2.45, 2.75) is 50.2 Å². The summed E-state index contributed by atoms with van der Waals surface area (Å²) in [6.07, 6.45) is 8.27. The van der Waals surface area contributed by atoms with Gasteiger partial charge in [0.05, 0.1) is 17.9 Å². The van der Waals surface area contributed by atoms with Gasteiger partial charge in [-0.1, -0.05) is 24.5 Å². The molecular weight excluding hydrogens is 474 g/mol. The van der Waals surface area contributed by atoms with Crippen molar-refractivity contribution in [3.8, 4) is 28.8 Å². The lowest BCUT2D eigenvalue weighted by Gasteiger charge is -2.43. The average Bonchev–Trinajstić information content (AvgIpc) is 3.43. The molecule has 3 N–H and O–H groups in total. The number of aromatic nitrogens is 3. The van der Waals surface area contributed by atoms with Gasteiger partial charge in [-0.3, -0.25) is 4.90 Å². The molecule has 4 unspecified atom stereocenters. The van der Waals surface area contributed by atoms with E-state index in [2.05, 4.69) is 53.9 Å². The first-order valence-corrected chi connectivity index (χ1v) is 13.8. The van der Waals surface area contributed by atoms with Crippen molar-refractivity contribution < 1.29 is 5.11 Å². The van der Waals surface area contributed by atoms with Gasteiger partial charge in [0, 0.05) is 55.2 Å². The van der Waals surface area contributed by atoms with Gasteiger partial charge in [-0.15, -0.1) is 10.2 Å². The summed E-state index contributed by atoms with van der Waals surface area (Å²) >= 11 is 0. The van der Waals surface area contributed by atoms with E-state index in [0.29, 0.717) is 29.2 Å². The molecule has 194 valence electrons. The van der Waals surface area contributed by atoms with E-state index in [4.69, 9.17) is 5.73 Å². The third kappa shape index (κ3) is 4.11. The second kappa shape index (κ2) is 9.48. The summed E-state index contributed by atoms with van der Waals surface area (Å²) in [5, 5.41) is 18.8. The van der Waals surface area contributed by atoms with Gasteiger partial charge in [0.15, 0.2) is 5.82 Å². The van der Waals surface area contributed by atoms with Crippen molar-refractivity contribution in [1.82, 2.24) is 20.1 Å². The number of hydrogen-bond donors (Lipinski definition) is 2. The van der Waals surface area contributed by atoms with Crippen molar-refractivity contribution in [2.24, 2.45) is 5.92 Å². The van der Waals surface area contributed by atoms with Crippen molar-refractivity contribution in [3.05, 3.63) is 54.4 Å². The van der Waals surface area contributed by atoms with Gasteiger partial charge in [0.2, 0.25) is 0 Å². The van der Waals surface area contributed by atoms with E-state index in [9.17, 15) is 5.11 Å². The van der Waals surface area contributed by atoms with Gasteiger partial charge in [0.25, 0.3) is 0 Å². The number of anilines is 3. The zero-order valence-corrected chi connectivity index (χ0v) is 21.5. The second-order valence-electron chi connectivity index (χ2n) is 11.1. The van der Waals surface area contributed by atoms with Crippen LogP contribution in [-0.4, -0.2) is 69.5 Å². The highest BCUT2D eigenvalue weighted by molar-refractivity contribution is 5.74. The number of aromatic hydroxyl groups is 1. The molecule has 3 aliphatic heterocycles. The molecule has 1 aliphatic carbocycles. The maximum Gasteiger partial charge on any atom is 0.169 e. The molecular formula is C30H33N7O. The lowest BCUT2D eigenvalue weighted by atomic mass is 9.92. The third-order valence-corrected chi connectivity index (χ3v) is 8.90. The van der Waals surface area contributed by atoms with Crippen LogP contribution in [0, 0.1) is 17.8 Å². The molecule has 4 aliphatic rings. The van der Waals surface area contributed by atoms with Gasteiger partial charge in [0.1, 0.15) is 11.4 Å². The van der Waals surface area contributed by atoms with Crippen molar-refractivity contribution >= 4 is 17.2 Å². The molecule has 7 rings (SSSR count). The molecule has 3 aromatic rings. The van der Waals surface area contributed by atoms with Crippen LogP contribution in [0.5, 0.6) is 5.75 Å². The minimum absolute atomic E-state index is 0.187. The Morgan fingerprint density at radius 2 is 1.82 bits per heavy atom. The lowest BCUT2D eigenvalue weighted by Crippen LogP contribution is -2.54. The summed E-state index contributed by atoms with van der Waals surface area (Å²) in [6, 6.07) is 14.9. The molecule has 0 amide bonds. The Bertz CT molecular complexity index is 1400. The minimum Gasteiger partial charge on any atom is -0.507 e. The van der Waals surface area contributed by atoms with E-state index >= 15 is 0 Å². The van der Waals surface area contributed by atoms with E-state index in [1.165, 1.54) is 31.5 Å². The number of hydrogen-bond acceptors (Lipinski definition) is 8. The zero-order valence-electron chi connectivity index (χ0n) is 21.5. The molecule has 1 aromatic carbocycles. The summed E-state index contributed by atoms with van der Waals surface area (Å²) in [6.45, 7) is 3.77. The summed E-state index contributed by atoms with van der Waals surface area (Å²) in [7, 11) is 0. The first-order valence-electron chi connectivity index (χ1n) is 13.8. The van der Waals surface area contributed by atoms with Crippen LogP contribution in [0.1, 0.15) is 37.8 Å². The van der Waals surface area contributed by atoms with Crippen LogP contribution in [0.2, 0.25) is 0 Å². The number of nitrogens with zero attached hydrogens (tertiary/aromatic N) is 6. The zero-order chi connectivity index (χ0) is 25.6. The Morgan fingerprint density at radius 1 is 0.974 bits per heavy atom. The van der Waals surface area contributed by atoms with Crippen LogP contribution in [0.25, 0.3) is 11.3 Å². The van der Waals surface area contributed by atoms with Crippen molar-refractivity contribution in [1.29, 1.82) is 0 Å². The van der Waals surface area contributed by atoms with Crippen LogP contribution >= 0.6 is 0 Å². The normalized spacial score (nSPS) is 26.0. The lowest BCUT2D eigenvalue weighted by molar-refractivity contribution is 0.0533. The number of nitrogen functional groups attached to an aromatic ring is 1. The first kappa shape index (κ1) is 23.3. The number of likely N-dealkylation sites (tertiary alicyclic amines) is 1. The Labute approximate surface area is 223 Å². The van der Waals surface area contributed by atoms with Crippen LogP contribution in [-0.2, 0) is 0 Å². The molecule has 4 atom stereocenters. The van der Waals surface area contributed by atoms with E-state index in [0.717, 1.165) is 55.8 Å². The molecule has 1 saturated carbocycles. The second-order valence-corrected chi connectivity index (χ2v) is 11.1. The molecule has 38 heavy (non-hydrogen) atoms. The SMILES string of the molecule is Nc1nnc(-c2ccccc2O)cc1N1CC2CCC(C1)N2c1ccnc(C#CCN2CC3CCCC32)c1. The topological polar surface area (TPSA) is 94.6 Å². The van der Waals surface area contributed by atoms with Crippen molar-refractivity contribution in [2.75, 3.05) is 41.7 Å². The van der Waals surface area contributed by atoms with Crippen LogP contribution in [0.4, 0.5) is 17.2 Å². The standard InChI is InChI=1S/C30H33N7O/c31-30-28(16-26(33-34-30)25-7-1-2-9-29(25)38)36-18-23-10-11-24(19-36)37(23)22-12-13-32-21(15-22)6-4-14-35-17-20-5-3-8-27(20)35/h1-2,7,9,12-13,15-16,20,23-24,27,38H,3,5,8,10-11,14,17-19H2,(H2,31,34). The number of benzene rings is 1. The fourth-order valence-corrected chi connectivity index (χ4v) is 7.06. The van der Waals surface area contributed by atoms with E-state index in [-0.39, 0.29) is 5.75 Å². The Balaban J connectivity index is 1.07. The maximum absolute atomic E-state index is 10.3. The Morgan fingerprint density at radius 3 is 2.63 bits per heavy atom. The Kier molecular flexibility index (Phi) is 5.81. The number of para-hydroxylation sites is 1. The largest absolute Gasteiger partial charge is 0.507 e. The predicted molar refractivity (Wildman–Crippen MR) is 149 cm³/mol. The van der Waals surface area contributed by atoms with E-state index < -0.39 is 0 Å². The summed E-state index contributed by atoms with van der Waals surface area (Å²) < 4.78 is 0. The highest BCUT2D eigenvalue weighted by atomic mass is 16.3. The number of rotatable bonds is 4. The quantitative estimate of drug-likeness (QED) is 0.518. The summed E-state index contributed by atoms with van der Waals surface area (Å²) in [5.41, 5.74) is 10.5. The molecule has 5 heterocycles. The molecule has 0 radical (unpaired) electrons. The first-order chi connectivity index (χ1) is 18.6. The van der Waals surface area contributed by atoms with Crippen LogP contribution < -0.4 is 15.5 Å². The van der Waals surface area contributed by atoms with Gasteiger partial charge in [-0.2, -0.15) is 0 Å². The minimum atomic E-state index is 0.187. The molecule has 2 aromatic heterocycles.